The van der Waals surface area contributed by atoms with E-state index in [9.17, 15) is 4.79 Å². The monoisotopic (exact) mass is 280 g/mol. The van der Waals surface area contributed by atoms with Crippen molar-refractivity contribution in [2.45, 2.75) is 12.8 Å². The van der Waals surface area contributed by atoms with E-state index in [4.69, 9.17) is 20.9 Å². The topological polar surface area (TPSA) is 65.2 Å². The number of aromatic nitrogens is 2. The number of ketones is 1. The fourth-order valence-electron chi connectivity index (χ4n) is 1.60. The lowest BCUT2D eigenvalue weighted by Gasteiger charge is -1.96. The van der Waals surface area contributed by atoms with Crippen molar-refractivity contribution < 1.29 is 14.1 Å². The summed E-state index contributed by atoms with van der Waals surface area (Å²) >= 11 is 5.81. The van der Waals surface area contributed by atoms with Crippen LogP contribution < -0.4 is 0 Å². The van der Waals surface area contributed by atoms with Crippen molar-refractivity contribution in [2.24, 2.45) is 0 Å². The fourth-order valence-corrected chi connectivity index (χ4v) is 1.73. The van der Waals surface area contributed by atoms with Gasteiger partial charge in [-0.25, -0.2) is 0 Å². The molecule has 0 fully saturated rings. The second-order valence-electron chi connectivity index (χ2n) is 4.06. The molecule has 1 aromatic heterocycles. The molecule has 0 aliphatic carbocycles. The largest absolute Gasteiger partial charge is 0.377 e. The first kappa shape index (κ1) is 13.7. The highest BCUT2D eigenvalue weighted by Crippen LogP contribution is 2.12. The van der Waals surface area contributed by atoms with Gasteiger partial charge in [-0.05, 0) is 17.7 Å². The van der Waals surface area contributed by atoms with Crippen LogP contribution in [-0.4, -0.2) is 29.6 Å². The van der Waals surface area contributed by atoms with E-state index in [-0.39, 0.29) is 18.8 Å². The number of methoxy groups -OCH3 is 1. The lowest BCUT2D eigenvalue weighted by Crippen LogP contribution is -2.09. The van der Waals surface area contributed by atoms with E-state index >= 15 is 0 Å². The molecule has 0 aliphatic heterocycles. The predicted molar refractivity (Wildman–Crippen MR) is 69.1 cm³/mol. The molecule has 0 bridgehead atoms. The highest BCUT2D eigenvalue weighted by atomic mass is 35.5. The first-order valence-electron chi connectivity index (χ1n) is 5.74. The molecule has 0 atom stereocenters. The summed E-state index contributed by atoms with van der Waals surface area (Å²) in [6.45, 7) is 0.0505. The van der Waals surface area contributed by atoms with E-state index in [2.05, 4.69) is 10.1 Å². The zero-order valence-electron chi connectivity index (χ0n) is 10.4. The number of Topliss-reactive ketones (excluding diaryl/α,β-unsaturated/α-hetero) is 1. The fraction of sp³-hybridized carbons (Fsp3) is 0.308. The predicted octanol–water partition coefficient (Wildman–Crippen LogP) is 2.07. The molecule has 0 saturated carbocycles. The summed E-state index contributed by atoms with van der Waals surface area (Å²) in [5.41, 5.74) is 1.03. The van der Waals surface area contributed by atoms with Gasteiger partial charge in [0.15, 0.2) is 11.6 Å². The van der Waals surface area contributed by atoms with Crippen LogP contribution in [0.4, 0.5) is 0 Å². The van der Waals surface area contributed by atoms with Gasteiger partial charge in [0.05, 0.1) is 6.42 Å². The molecular weight excluding hydrogens is 268 g/mol. The average molecular weight is 281 g/mol. The van der Waals surface area contributed by atoms with Crippen LogP contribution in [0.25, 0.3) is 0 Å². The van der Waals surface area contributed by atoms with Gasteiger partial charge in [0.1, 0.15) is 6.61 Å². The van der Waals surface area contributed by atoms with Crippen LogP contribution in [0.2, 0.25) is 5.02 Å². The van der Waals surface area contributed by atoms with Gasteiger partial charge in [-0.1, -0.05) is 28.9 Å². The summed E-state index contributed by atoms with van der Waals surface area (Å²) in [6, 6.07) is 7.41. The lowest BCUT2D eigenvalue weighted by atomic mass is 10.1. The molecule has 0 aliphatic rings. The van der Waals surface area contributed by atoms with Crippen molar-refractivity contribution in [2.75, 3.05) is 13.7 Å². The first-order valence-corrected chi connectivity index (χ1v) is 6.11. The zero-order chi connectivity index (χ0) is 13.7. The van der Waals surface area contributed by atoms with E-state index in [0.717, 1.165) is 5.56 Å². The summed E-state index contributed by atoms with van der Waals surface area (Å²) in [7, 11) is 1.47. The Labute approximate surface area is 115 Å². The Kier molecular flexibility index (Phi) is 4.65. The average Bonchev–Trinajstić information content (AvgIpc) is 2.80. The minimum absolute atomic E-state index is 0.0505. The van der Waals surface area contributed by atoms with E-state index in [1.54, 1.807) is 12.1 Å². The van der Waals surface area contributed by atoms with Gasteiger partial charge in [0.25, 0.3) is 0 Å². The molecule has 0 spiro atoms. The normalized spacial score (nSPS) is 10.6. The summed E-state index contributed by atoms with van der Waals surface area (Å²) in [5.74, 6) is 0.762. The molecule has 5 nitrogen and oxygen atoms in total. The van der Waals surface area contributed by atoms with Gasteiger partial charge in [-0.2, -0.15) is 4.98 Å². The Bertz CT molecular complexity index is 551. The minimum Gasteiger partial charge on any atom is -0.377 e. The molecule has 0 N–H and O–H groups in total. The van der Waals surface area contributed by atoms with Gasteiger partial charge in [0.2, 0.25) is 5.89 Å². The Morgan fingerprint density at radius 3 is 2.79 bits per heavy atom. The van der Waals surface area contributed by atoms with Crippen molar-refractivity contribution in [1.82, 2.24) is 10.1 Å². The number of nitrogens with zero attached hydrogens (tertiary/aromatic N) is 2. The summed E-state index contributed by atoms with van der Waals surface area (Å²) in [5, 5.41) is 4.52. The second-order valence-corrected chi connectivity index (χ2v) is 4.49. The van der Waals surface area contributed by atoms with Gasteiger partial charge in [-0.15, -0.1) is 0 Å². The van der Waals surface area contributed by atoms with Crippen LogP contribution in [0.3, 0.4) is 0 Å². The maximum Gasteiger partial charge on any atom is 0.234 e. The Morgan fingerprint density at radius 2 is 2.11 bits per heavy atom. The highest BCUT2D eigenvalue weighted by molar-refractivity contribution is 6.30. The zero-order valence-corrected chi connectivity index (χ0v) is 11.2. The molecule has 1 heterocycles. The van der Waals surface area contributed by atoms with Crippen molar-refractivity contribution in [1.29, 1.82) is 0 Å². The molecule has 19 heavy (non-hydrogen) atoms. The van der Waals surface area contributed by atoms with Crippen LogP contribution in [-0.2, 0) is 22.4 Å². The molecule has 0 radical (unpaired) electrons. The third-order valence-electron chi connectivity index (χ3n) is 2.44. The van der Waals surface area contributed by atoms with Crippen molar-refractivity contribution in [3.8, 4) is 0 Å². The minimum atomic E-state index is -0.0933. The van der Waals surface area contributed by atoms with Crippen LogP contribution in [0.1, 0.15) is 17.3 Å². The number of hydrogen-bond acceptors (Lipinski definition) is 5. The second kappa shape index (κ2) is 6.45. The van der Waals surface area contributed by atoms with E-state index in [1.807, 2.05) is 12.1 Å². The molecule has 2 rings (SSSR count). The molecule has 2 aromatic rings. The van der Waals surface area contributed by atoms with Crippen LogP contribution in [0.5, 0.6) is 0 Å². The Morgan fingerprint density at radius 1 is 1.37 bits per heavy atom. The van der Waals surface area contributed by atoms with E-state index < -0.39 is 0 Å². The molecule has 0 unspecified atom stereocenters. The molecule has 0 amide bonds. The Balaban J connectivity index is 1.97. The van der Waals surface area contributed by atoms with Crippen LogP contribution >= 0.6 is 11.6 Å². The number of carbonyl (C=O) groups excluding carboxylic acids is 1. The molecule has 100 valence electrons. The summed E-state index contributed by atoms with van der Waals surface area (Å²) < 4.78 is 9.75. The van der Waals surface area contributed by atoms with E-state index in [0.29, 0.717) is 23.2 Å². The maximum atomic E-state index is 11.4. The maximum absolute atomic E-state index is 11.4. The molecule has 6 heteroatoms. The third-order valence-corrected chi connectivity index (χ3v) is 2.69. The highest BCUT2D eigenvalue weighted by Gasteiger charge is 2.11. The number of hydrogen-bond donors (Lipinski definition) is 0. The lowest BCUT2D eigenvalue weighted by molar-refractivity contribution is -0.122. The van der Waals surface area contributed by atoms with Crippen LogP contribution in [0.15, 0.2) is 28.8 Å². The Hall–Kier alpha value is -1.72. The van der Waals surface area contributed by atoms with Gasteiger partial charge < -0.3 is 9.26 Å². The SMILES string of the molecule is COCC(=O)Cc1nc(Cc2ccc(Cl)cc2)no1. The number of rotatable bonds is 6. The van der Waals surface area contributed by atoms with Crippen molar-refractivity contribution >= 4 is 17.4 Å². The third kappa shape index (κ3) is 4.15. The van der Waals surface area contributed by atoms with Gasteiger partial charge in [0, 0.05) is 18.6 Å². The summed E-state index contributed by atoms with van der Waals surface area (Å²) in [6.07, 6.45) is 0.639. The molecule has 1 aromatic carbocycles. The number of halogens is 1. The smallest absolute Gasteiger partial charge is 0.234 e. The van der Waals surface area contributed by atoms with Crippen molar-refractivity contribution in [3.05, 3.63) is 46.6 Å². The van der Waals surface area contributed by atoms with Gasteiger partial charge >= 0.3 is 0 Å². The molecule has 0 saturated heterocycles. The van der Waals surface area contributed by atoms with Crippen LogP contribution in [0, 0.1) is 0 Å². The van der Waals surface area contributed by atoms with Crippen molar-refractivity contribution in [3.63, 3.8) is 0 Å². The number of carbonyl (C=O) groups is 1. The van der Waals surface area contributed by atoms with E-state index in [1.165, 1.54) is 7.11 Å². The van der Waals surface area contributed by atoms with Gasteiger partial charge in [-0.3, -0.25) is 4.79 Å². The first-order chi connectivity index (χ1) is 9.17. The quantitative estimate of drug-likeness (QED) is 0.810. The summed E-state index contributed by atoms with van der Waals surface area (Å²) in [4.78, 5) is 15.5. The molecular formula is C13H13ClN2O3. The number of benzene rings is 1. The number of ether oxygens (including phenoxy) is 1. The standard InChI is InChI=1S/C13H13ClN2O3/c1-18-8-11(17)7-13-15-12(16-19-13)6-9-2-4-10(14)5-3-9/h2-5H,6-8H2,1H3.